The molecule has 62 heavy (non-hydrogen) atoms. The summed E-state index contributed by atoms with van der Waals surface area (Å²) in [4.78, 5) is 16.2. The standard InChI is InChI=1S/C57H33N3O2/c1-2-14-34(15-3-1)36-28-29-37-33-49(40-19-7-6-18-39(40)48(37)32-36)43-31-30-35-16-4-5-17-38(35)52(43)57-59-55(46-24-12-22-44-41-20-8-10-26-50(41)61-53(44)46)58-56(60-57)47-25-13-23-45-42-21-9-11-27-51(42)62-54(45)47/h1-33H. The topological polar surface area (TPSA) is 65.0 Å². The first-order valence-corrected chi connectivity index (χ1v) is 20.8. The van der Waals surface area contributed by atoms with E-state index >= 15 is 0 Å². The molecular weight excluding hydrogens is 759 g/mol. The van der Waals surface area contributed by atoms with Crippen LogP contribution in [0.1, 0.15) is 0 Å². The molecule has 0 amide bonds. The number of hydrogen-bond donors (Lipinski definition) is 0. The SMILES string of the molecule is c1ccc(-c2ccc3cc(-c4ccc5ccccc5c4-c4nc(-c5cccc6c5oc5ccccc56)nc(-c5cccc6c5oc5ccccc56)n4)c4ccccc4c3c2)cc1. The molecule has 288 valence electrons. The molecule has 5 nitrogen and oxygen atoms in total. The third kappa shape index (κ3) is 5.32. The van der Waals surface area contributed by atoms with Crippen molar-refractivity contribution in [2.24, 2.45) is 0 Å². The van der Waals surface area contributed by atoms with E-state index in [0.29, 0.717) is 17.5 Å². The zero-order valence-electron chi connectivity index (χ0n) is 33.2. The zero-order valence-corrected chi connectivity index (χ0v) is 33.2. The summed E-state index contributed by atoms with van der Waals surface area (Å²) in [5.41, 5.74) is 10.1. The molecule has 0 fully saturated rings. The second kappa shape index (κ2) is 13.6. The molecule has 3 heterocycles. The molecule has 0 aliphatic carbocycles. The molecule has 0 saturated carbocycles. The lowest BCUT2D eigenvalue weighted by Gasteiger charge is -2.18. The van der Waals surface area contributed by atoms with E-state index in [1.54, 1.807) is 0 Å². The maximum absolute atomic E-state index is 6.61. The molecular formula is C57H33N3O2. The van der Waals surface area contributed by atoms with E-state index < -0.39 is 0 Å². The molecule has 0 aliphatic rings. The molecule has 0 unspecified atom stereocenters. The van der Waals surface area contributed by atoms with E-state index in [2.05, 4.69) is 152 Å². The van der Waals surface area contributed by atoms with E-state index in [0.717, 1.165) is 93.2 Å². The number of benzene rings is 10. The van der Waals surface area contributed by atoms with Crippen molar-refractivity contribution in [3.63, 3.8) is 0 Å². The second-order valence-electron chi connectivity index (χ2n) is 15.8. The Kier molecular flexibility index (Phi) is 7.54. The van der Waals surface area contributed by atoms with Gasteiger partial charge < -0.3 is 8.83 Å². The number of fused-ring (bicyclic) bond motifs is 10. The van der Waals surface area contributed by atoms with Gasteiger partial charge >= 0.3 is 0 Å². The lowest BCUT2D eigenvalue weighted by Crippen LogP contribution is -2.02. The van der Waals surface area contributed by atoms with Crippen molar-refractivity contribution in [3.05, 3.63) is 200 Å². The predicted octanol–water partition coefficient (Wildman–Crippen LogP) is 15.5. The first kappa shape index (κ1) is 34.5. The zero-order chi connectivity index (χ0) is 40.7. The van der Waals surface area contributed by atoms with Crippen molar-refractivity contribution in [1.29, 1.82) is 0 Å². The van der Waals surface area contributed by atoms with Crippen molar-refractivity contribution in [2.45, 2.75) is 0 Å². The third-order valence-electron chi connectivity index (χ3n) is 12.3. The van der Waals surface area contributed by atoms with Crippen molar-refractivity contribution in [1.82, 2.24) is 15.0 Å². The van der Waals surface area contributed by atoms with Crippen LogP contribution in [0.4, 0.5) is 0 Å². The van der Waals surface area contributed by atoms with Crippen LogP contribution in [-0.4, -0.2) is 15.0 Å². The lowest BCUT2D eigenvalue weighted by atomic mass is 9.88. The van der Waals surface area contributed by atoms with E-state index in [1.807, 2.05) is 48.5 Å². The smallest absolute Gasteiger partial charge is 0.167 e. The van der Waals surface area contributed by atoms with Gasteiger partial charge in [0.2, 0.25) is 0 Å². The number of hydrogen-bond acceptors (Lipinski definition) is 5. The predicted molar refractivity (Wildman–Crippen MR) is 254 cm³/mol. The summed E-state index contributed by atoms with van der Waals surface area (Å²) in [6.45, 7) is 0. The molecule has 0 radical (unpaired) electrons. The highest BCUT2D eigenvalue weighted by molar-refractivity contribution is 6.17. The van der Waals surface area contributed by atoms with Crippen LogP contribution in [0.15, 0.2) is 209 Å². The Bertz CT molecular complexity index is 3810. The van der Waals surface area contributed by atoms with Gasteiger partial charge in [-0.25, -0.2) is 15.0 Å². The molecule has 0 aliphatic heterocycles. The fourth-order valence-corrected chi connectivity index (χ4v) is 9.45. The second-order valence-corrected chi connectivity index (χ2v) is 15.8. The molecule has 0 spiro atoms. The first-order valence-electron chi connectivity index (χ1n) is 20.8. The average molecular weight is 792 g/mol. The van der Waals surface area contributed by atoms with E-state index in [4.69, 9.17) is 23.8 Å². The van der Waals surface area contributed by atoms with Gasteiger partial charge in [0.15, 0.2) is 17.5 Å². The molecule has 0 saturated heterocycles. The fourth-order valence-electron chi connectivity index (χ4n) is 9.45. The number of para-hydroxylation sites is 4. The highest BCUT2D eigenvalue weighted by Crippen LogP contribution is 2.45. The van der Waals surface area contributed by atoms with Gasteiger partial charge in [0.25, 0.3) is 0 Å². The van der Waals surface area contributed by atoms with Crippen molar-refractivity contribution >= 4 is 76.2 Å². The van der Waals surface area contributed by atoms with Gasteiger partial charge in [-0.1, -0.05) is 164 Å². The van der Waals surface area contributed by atoms with Gasteiger partial charge in [-0.15, -0.1) is 0 Å². The average Bonchev–Trinajstić information content (AvgIpc) is 3.92. The van der Waals surface area contributed by atoms with E-state index in [9.17, 15) is 0 Å². The number of furan rings is 2. The summed E-state index contributed by atoms with van der Waals surface area (Å²) >= 11 is 0. The lowest BCUT2D eigenvalue weighted by molar-refractivity contribution is 0.669. The summed E-state index contributed by atoms with van der Waals surface area (Å²) in [5, 5.41) is 10.9. The van der Waals surface area contributed by atoms with Crippen molar-refractivity contribution < 1.29 is 8.83 Å². The Balaban J connectivity index is 1.12. The maximum atomic E-state index is 6.61. The normalized spacial score (nSPS) is 11.9. The van der Waals surface area contributed by atoms with Crippen LogP contribution in [-0.2, 0) is 0 Å². The van der Waals surface area contributed by atoms with E-state index in [1.165, 1.54) is 21.9 Å². The third-order valence-corrected chi connectivity index (χ3v) is 12.3. The molecule has 3 aromatic heterocycles. The first-order chi connectivity index (χ1) is 30.7. The number of nitrogens with zero attached hydrogens (tertiary/aromatic N) is 3. The van der Waals surface area contributed by atoms with Crippen LogP contribution in [0.5, 0.6) is 0 Å². The number of rotatable bonds is 5. The summed E-state index contributed by atoms with van der Waals surface area (Å²) in [7, 11) is 0. The molecule has 0 N–H and O–H groups in total. The van der Waals surface area contributed by atoms with E-state index in [-0.39, 0.29) is 0 Å². The molecule has 5 heteroatoms. The minimum atomic E-state index is 0.512. The maximum Gasteiger partial charge on any atom is 0.167 e. The highest BCUT2D eigenvalue weighted by Gasteiger charge is 2.24. The minimum absolute atomic E-state index is 0.512. The molecule has 0 atom stereocenters. The Morgan fingerprint density at radius 2 is 0.806 bits per heavy atom. The van der Waals surface area contributed by atoms with Crippen LogP contribution >= 0.6 is 0 Å². The van der Waals surface area contributed by atoms with Crippen LogP contribution in [0.2, 0.25) is 0 Å². The minimum Gasteiger partial charge on any atom is -0.455 e. The van der Waals surface area contributed by atoms with Crippen LogP contribution < -0.4 is 0 Å². The summed E-state index contributed by atoms with van der Waals surface area (Å²) in [6, 6.07) is 70.0. The molecule has 10 aromatic carbocycles. The largest absolute Gasteiger partial charge is 0.455 e. The van der Waals surface area contributed by atoms with Crippen molar-refractivity contribution in [2.75, 3.05) is 0 Å². The Morgan fingerprint density at radius 3 is 1.48 bits per heavy atom. The monoisotopic (exact) mass is 791 g/mol. The Morgan fingerprint density at radius 1 is 0.274 bits per heavy atom. The quantitative estimate of drug-likeness (QED) is 0.162. The van der Waals surface area contributed by atoms with Gasteiger partial charge in [-0.3, -0.25) is 0 Å². The van der Waals surface area contributed by atoms with Gasteiger partial charge in [0.05, 0.1) is 11.1 Å². The fraction of sp³-hybridized carbons (Fsp3) is 0. The van der Waals surface area contributed by atoms with Gasteiger partial charge in [0.1, 0.15) is 22.3 Å². The van der Waals surface area contributed by atoms with Gasteiger partial charge in [-0.2, -0.15) is 0 Å². The number of aromatic nitrogens is 3. The summed E-state index contributed by atoms with van der Waals surface area (Å²) in [6.07, 6.45) is 0. The summed E-state index contributed by atoms with van der Waals surface area (Å²) in [5.74, 6) is 1.58. The van der Waals surface area contributed by atoms with Crippen LogP contribution in [0.3, 0.4) is 0 Å². The van der Waals surface area contributed by atoms with Gasteiger partial charge in [-0.05, 0) is 91.0 Å². The van der Waals surface area contributed by atoms with Crippen LogP contribution in [0.25, 0.3) is 133 Å². The van der Waals surface area contributed by atoms with Crippen molar-refractivity contribution in [3.8, 4) is 56.4 Å². The molecule has 13 rings (SSSR count). The summed E-state index contributed by atoms with van der Waals surface area (Å²) < 4.78 is 13.2. The van der Waals surface area contributed by atoms with Crippen LogP contribution in [0, 0.1) is 0 Å². The Hall–Kier alpha value is -8.41. The van der Waals surface area contributed by atoms with Gasteiger partial charge in [0, 0.05) is 27.1 Å². The molecule has 0 bridgehead atoms. The molecule has 13 aromatic rings. The highest BCUT2D eigenvalue weighted by atomic mass is 16.3. The Labute approximate surface area is 355 Å².